The summed E-state index contributed by atoms with van der Waals surface area (Å²) in [6, 6.07) is 5.52. The van der Waals surface area contributed by atoms with Gasteiger partial charge in [0.05, 0.1) is 0 Å². The third kappa shape index (κ3) is 2.22. The Hall–Kier alpha value is -1.42. The molecule has 4 nitrogen and oxygen atoms in total. The predicted molar refractivity (Wildman–Crippen MR) is 63.0 cm³/mol. The predicted octanol–water partition coefficient (Wildman–Crippen LogP) is 1.32. The Kier molecular flexibility index (Phi) is 2.92. The molecular formula is C12H17N3O. The van der Waals surface area contributed by atoms with Crippen LogP contribution in [0, 0.1) is 0 Å². The van der Waals surface area contributed by atoms with Gasteiger partial charge in [0.2, 0.25) is 5.91 Å². The van der Waals surface area contributed by atoms with E-state index in [1.165, 1.54) is 0 Å². The maximum atomic E-state index is 12.0. The van der Waals surface area contributed by atoms with Crippen molar-refractivity contribution in [2.75, 3.05) is 11.9 Å². The van der Waals surface area contributed by atoms with Crippen molar-refractivity contribution in [1.29, 1.82) is 0 Å². The number of nitrogens with zero attached hydrogens (tertiary/aromatic N) is 2. The van der Waals surface area contributed by atoms with E-state index in [-0.39, 0.29) is 11.4 Å². The van der Waals surface area contributed by atoms with Crippen LogP contribution >= 0.6 is 0 Å². The number of carbonyl (C=O) groups is 1. The number of anilines is 1. The molecular weight excluding hydrogens is 202 g/mol. The van der Waals surface area contributed by atoms with Crippen molar-refractivity contribution in [2.45, 2.75) is 31.2 Å². The van der Waals surface area contributed by atoms with Gasteiger partial charge in [-0.3, -0.25) is 9.69 Å². The van der Waals surface area contributed by atoms with Crippen molar-refractivity contribution in [3.8, 4) is 0 Å². The highest BCUT2D eigenvalue weighted by atomic mass is 16.2. The van der Waals surface area contributed by atoms with E-state index >= 15 is 0 Å². The minimum atomic E-state index is -0.264. The first kappa shape index (κ1) is 11.1. The molecule has 1 amide bonds. The molecule has 1 heterocycles. The third-order valence-electron chi connectivity index (χ3n) is 3.22. The molecule has 0 spiro atoms. The van der Waals surface area contributed by atoms with E-state index in [1.807, 2.05) is 18.2 Å². The summed E-state index contributed by atoms with van der Waals surface area (Å²) >= 11 is 0. The largest absolute Gasteiger partial charge is 0.325 e. The number of carbonyl (C=O) groups excluding carboxylic acids is 1. The molecule has 86 valence electrons. The maximum Gasteiger partial charge on any atom is 0.229 e. The van der Waals surface area contributed by atoms with Gasteiger partial charge in [0.1, 0.15) is 5.82 Å². The molecule has 0 saturated heterocycles. The van der Waals surface area contributed by atoms with E-state index < -0.39 is 0 Å². The lowest BCUT2D eigenvalue weighted by atomic mass is 9.75. The van der Waals surface area contributed by atoms with Gasteiger partial charge in [0.25, 0.3) is 0 Å². The number of nitrogens with two attached hydrogens (primary N) is 1. The first-order valence-electron chi connectivity index (χ1n) is 5.57. The number of hydrogen-bond donors (Lipinski definition) is 1. The van der Waals surface area contributed by atoms with Crippen molar-refractivity contribution in [3.63, 3.8) is 0 Å². The Morgan fingerprint density at radius 3 is 2.81 bits per heavy atom. The van der Waals surface area contributed by atoms with Gasteiger partial charge in [-0.15, -0.1) is 0 Å². The number of hydrogen-bond acceptors (Lipinski definition) is 3. The van der Waals surface area contributed by atoms with Gasteiger partial charge in [-0.05, 0) is 31.4 Å². The molecule has 0 aromatic carbocycles. The minimum absolute atomic E-state index is 0.0425. The number of amides is 1. The molecule has 1 saturated carbocycles. The van der Waals surface area contributed by atoms with Gasteiger partial charge in [-0.1, -0.05) is 6.07 Å². The summed E-state index contributed by atoms with van der Waals surface area (Å²) in [5.74, 6) is 0.719. The van der Waals surface area contributed by atoms with Crippen molar-refractivity contribution in [2.24, 2.45) is 5.73 Å². The average Bonchev–Trinajstić information content (AvgIpc) is 2.27. The zero-order valence-electron chi connectivity index (χ0n) is 9.52. The van der Waals surface area contributed by atoms with Crippen LogP contribution in [0.1, 0.15) is 25.7 Å². The summed E-state index contributed by atoms with van der Waals surface area (Å²) in [5, 5.41) is 0. The van der Waals surface area contributed by atoms with E-state index in [0.717, 1.165) is 19.3 Å². The summed E-state index contributed by atoms with van der Waals surface area (Å²) < 4.78 is 0. The third-order valence-corrected chi connectivity index (χ3v) is 3.22. The topological polar surface area (TPSA) is 59.2 Å². The molecule has 0 radical (unpaired) electrons. The fourth-order valence-electron chi connectivity index (χ4n) is 1.91. The van der Waals surface area contributed by atoms with E-state index in [4.69, 9.17) is 5.73 Å². The van der Waals surface area contributed by atoms with Crippen LogP contribution in [0.4, 0.5) is 5.82 Å². The van der Waals surface area contributed by atoms with Gasteiger partial charge in [0, 0.05) is 25.2 Å². The standard InChI is InChI=1S/C12H17N3O/c1-15(10-5-2-3-8-14-10)11(16)9-12(13)6-4-7-12/h2-3,5,8H,4,6-7,9,13H2,1H3. The Morgan fingerprint density at radius 2 is 2.31 bits per heavy atom. The Morgan fingerprint density at radius 1 is 1.56 bits per heavy atom. The highest BCUT2D eigenvalue weighted by Crippen LogP contribution is 2.32. The van der Waals surface area contributed by atoms with E-state index in [9.17, 15) is 4.79 Å². The average molecular weight is 219 g/mol. The molecule has 0 bridgehead atoms. The smallest absolute Gasteiger partial charge is 0.229 e. The highest BCUT2D eigenvalue weighted by Gasteiger charge is 2.35. The second kappa shape index (κ2) is 4.22. The van der Waals surface area contributed by atoms with Gasteiger partial charge in [-0.2, -0.15) is 0 Å². The number of pyridine rings is 1. The van der Waals surface area contributed by atoms with E-state index in [0.29, 0.717) is 12.2 Å². The molecule has 1 aromatic rings. The van der Waals surface area contributed by atoms with Crippen LogP contribution in [0.2, 0.25) is 0 Å². The van der Waals surface area contributed by atoms with E-state index in [1.54, 1.807) is 18.1 Å². The molecule has 0 unspecified atom stereocenters. The molecule has 0 atom stereocenters. The van der Waals surface area contributed by atoms with Gasteiger partial charge < -0.3 is 5.73 Å². The second-order valence-electron chi connectivity index (χ2n) is 4.53. The fraction of sp³-hybridized carbons (Fsp3) is 0.500. The minimum Gasteiger partial charge on any atom is -0.325 e. The first-order valence-corrected chi connectivity index (χ1v) is 5.57. The highest BCUT2D eigenvalue weighted by molar-refractivity contribution is 5.92. The molecule has 1 aliphatic rings. The fourth-order valence-corrected chi connectivity index (χ4v) is 1.91. The Bertz CT molecular complexity index is 373. The molecule has 2 N–H and O–H groups in total. The Balaban J connectivity index is 1.99. The first-order chi connectivity index (χ1) is 7.61. The summed E-state index contributed by atoms with van der Waals surface area (Å²) in [7, 11) is 1.74. The van der Waals surface area contributed by atoms with Crippen molar-refractivity contribution in [1.82, 2.24) is 4.98 Å². The van der Waals surface area contributed by atoms with E-state index in [2.05, 4.69) is 4.98 Å². The molecule has 1 aromatic heterocycles. The van der Waals surface area contributed by atoms with Crippen LogP contribution in [0.3, 0.4) is 0 Å². The summed E-state index contributed by atoms with van der Waals surface area (Å²) in [5.41, 5.74) is 5.79. The zero-order chi connectivity index (χ0) is 11.6. The lowest BCUT2D eigenvalue weighted by Gasteiger charge is -2.38. The van der Waals surface area contributed by atoms with Crippen molar-refractivity contribution < 1.29 is 4.79 Å². The van der Waals surface area contributed by atoms with Gasteiger partial charge in [0.15, 0.2) is 0 Å². The lowest BCUT2D eigenvalue weighted by Crippen LogP contribution is -2.50. The molecule has 1 aliphatic carbocycles. The molecule has 1 fully saturated rings. The summed E-state index contributed by atoms with van der Waals surface area (Å²) in [6.07, 6.45) is 5.14. The normalized spacial score (nSPS) is 17.6. The van der Waals surface area contributed by atoms with Crippen molar-refractivity contribution >= 4 is 11.7 Å². The second-order valence-corrected chi connectivity index (χ2v) is 4.53. The van der Waals surface area contributed by atoms with Crippen molar-refractivity contribution in [3.05, 3.63) is 24.4 Å². The van der Waals surface area contributed by atoms with Crippen LogP contribution < -0.4 is 10.6 Å². The molecule has 16 heavy (non-hydrogen) atoms. The Labute approximate surface area is 95.5 Å². The van der Waals surface area contributed by atoms with Gasteiger partial charge in [-0.25, -0.2) is 4.98 Å². The van der Waals surface area contributed by atoms with Crippen LogP contribution in [0.15, 0.2) is 24.4 Å². The lowest BCUT2D eigenvalue weighted by molar-refractivity contribution is -0.120. The SMILES string of the molecule is CN(C(=O)CC1(N)CCC1)c1ccccn1. The van der Waals surface area contributed by atoms with Crippen LogP contribution in [0.25, 0.3) is 0 Å². The van der Waals surface area contributed by atoms with Crippen LogP contribution in [-0.2, 0) is 4.79 Å². The van der Waals surface area contributed by atoms with Crippen LogP contribution in [-0.4, -0.2) is 23.5 Å². The quantitative estimate of drug-likeness (QED) is 0.834. The maximum absolute atomic E-state index is 12.0. The zero-order valence-corrected chi connectivity index (χ0v) is 9.52. The van der Waals surface area contributed by atoms with Gasteiger partial charge >= 0.3 is 0 Å². The van der Waals surface area contributed by atoms with Crippen LogP contribution in [0.5, 0.6) is 0 Å². The molecule has 0 aliphatic heterocycles. The monoisotopic (exact) mass is 219 g/mol. The summed E-state index contributed by atoms with van der Waals surface area (Å²) in [6.45, 7) is 0. The summed E-state index contributed by atoms with van der Waals surface area (Å²) in [4.78, 5) is 17.7. The molecule has 2 rings (SSSR count). The number of rotatable bonds is 3. The molecule has 4 heteroatoms. The number of aromatic nitrogens is 1.